The average molecular weight is 198 g/mol. The predicted octanol–water partition coefficient (Wildman–Crippen LogP) is 1.99. The summed E-state index contributed by atoms with van der Waals surface area (Å²) in [5, 5.41) is 11.3. The molecule has 1 saturated carbocycles. The van der Waals surface area contributed by atoms with Gasteiger partial charge in [-0.15, -0.1) is 0 Å². The van der Waals surface area contributed by atoms with Gasteiger partial charge < -0.3 is 4.90 Å². The fraction of sp³-hybridized carbons (Fsp3) is 0.909. The molecule has 0 aromatic rings. The van der Waals surface area contributed by atoms with Crippen LogP contribution in [0.15, 0.2) is 0 Å². The molecule has 0 heterocycles. The molecular formula is C11H20NO2. The first kappa shape index (κ1) is 11.5. The van der Waals surface area contributed by atoms with E-state index in [1.54, 1.807) is 18.9 Å². The number of rotatable bonds is 3. The second-order valence-electron chi connectivity index (χ2n) is 4.14. The highest BCUT2D eigenvalue weighted by atomic mass is 16.3. The number of carbonyl (C=O) groups is 1. The molecule has 1 aliphatic carbocycles. The molecule has 3 nitrogen and oxygen atoms in total. The normalized spacial score (nSPS) is 20.5. The number of hydrogen-bond acceptors (Lipinski definition) is 1. The molecule has 3 heteroatoms. The lowest BCUT2D eigenvalue weighted by Crippen LogP contribution is -2.43. The average Bonchev–Trinajstić information content (AvgIpc) is 2.27. The molecule has 0 aromatic heterocycles. The molecule has 1 aliphatic rings. The zero-order valence-corrected chi connectivity index (χ0v) is 9.16. The number of amides is 1. The lowest BCUT2D eigenvalue weighted by Gasteiger charge is -2.32. The van der Waals surface area contributed by atoms with Gasteiger partial charge in [0.25, 0.3) is 5.91 Å². The Kier molecular flexibility index (Phi) is 4.39. The van der Waals surface area contributed by atoms with Gasteiger partial charge in [0.1, 0.15) is 0 Å². The van der Waals surface area contributed by atoms with Gasteiger partial charge in [0.15, 0.2) is 6.10 Å². The fourth-order valence-electron chi connectivity index (χ4n) is 2.05. The Balaban J connectivity index is 2.45. The van der Waals surface area contributed by atoms with Crippen LogP contribution in [0.4, 0.5) is 0 Å². The predicted molar refractivity (Wildman–Crippen MR) is 54.4 cm³/mol. The van der Waals surface area contributed by atoms with Gasteiger partial charge in [-0.3, -0.25) is 4.79 Å². The highest BCUT2D eigenvalue weighted by Gasteiger charge is 2.26. The molecular weight excluding hydrogens is 178 g/mol. The van der Waals surface area contributed by atoms with Crippen LogP contribution in [-0.2, 0) is 9.90 Å². The largest absolute Gasteiger partial charge is 0.340 e. The van der Waals surface area contributed by atoms with Crippen LogP contribution in [0.1, 0.15) is 45.4 Å². The van der Waals surface area contributed by atoms with Crippen LogP contribution in [0.25, 0.3) is 0 Å². The topological polar surface area (TPSA) is 40.2 Å². The molecule has 81 valence electrons. The molecule has 0 bridgehead atoms. The number of likely N-dealkylation sites (N-methyl/N-ethyl adjacent to an activating group) is 1. The first-order chi connectivity index (χ1) is 6.66. The van der Waals surface area contributed by atoms with Crippen molar-refractivity contribution in [1.82, 2.24) is 4.90 Å². The molecule has 0 N–H and O–H groups in total. The summed E-state index contributed by atoms with van der Waals surface area (Å²) in [6, 6.07) is 0.319. The van der Waals surface area contributed by atoms with E-state index in [-0.39, 0.29) is 5.91 Å². The van der Waals surface area contributed by atoms with Crippen molar-refractivity contribution in [3.05, 3.63) is 0 Å². The summed E-state index contributed by atoms with van der Waals surface area (Å²) in [6.45, 7) is 1.77. The molecule has 0 aromatic carbocycles. The third-order valence-electron chi connectivity index (χ3n) is 3.12. The molecule has 1 radical (unpaired) electrons. The second-order valence-corrected chi connectivity index (χ2v) is 4.14. The van der Waals surface area contributed by atoms with E-state index in [1.165, 1.54) is 19.3 Å². The van der Waals surface area contributed by atoms with Gasteiger partial charge in [-0.1, -0.05) is 26.2 Å². The molecule has 0 saturated heterocycles. The summed E-state index contributed by atoms with van der Waals surface area (Å²) in [7, 11) is 1.78. The molecule has 1 unspecified atom stereocenters. The molecule has 0 spiro atoms. The molecule has 0 aliphatic heterocycles. The van der Waals surface area contributed by atoms with Crippen LogP contribution in [0.3, 0.4) is 0 Å². The van der Waals surface area contributed by atoms with E-state index >= 15 is 0 Å². The molecule has 14 heavy (non-hydrogen) atoms. The monoisotopic (exact) mass is 198 g/mol. The van der Waals surface area contributed by atoms with Gasteiger partial charge in [-0.25, -0.2) is 5.11 Å². The van der Waals surface area contributed by atoms with Crippen molar-refractivity contribution in [3.8, 4) is 0 Å². The summed E-state index contributed by atoms with van der Waals surface area (Å²) in [5.41, 5.74) is 0. The third-order valence-corrected chi connectivity index (χ3v) is 3.12. The van der Waals surface area contributed by atoms with E-state index in [4.69, 9.17) is 0 Å². The lowest BCUT2D eigenvalue weighted by atomic mass is 9.94. The summed E-state index contributed by atoms with van der Waals surface area (Å²) >= 11 is 0. The van der Waals surface area contributed by atoms with Crippen molar-refractivity contribution < 1.29 is 9.90 Å². The number of carbonyl (C=O) groups excluding carboxylic acids is 1. The van der Waals surface area contributed by atoms with E-state index in [0.717, 1.165) is 12.8 Å². The summed E-state index contributed by atoms with van der Waals surface area (Å²) in [4.78, 5) is 13.3. The Labute approximate surface area is 86.1 Å². The van der Waals surface area contributed by atoms with Crippen molar-refractivity contribution in [3.63, 3.8) is 0 Å². The van der Waals surface area contributed by atoms with Gasteiger partial charge in [-0.05, 0) is 19.3 Å². The number of nitrogens with zero attached hydrogens (tertiary/aromatic N) is 1. The summed E-state index contributed by atoms with van der Waals surface area (Å²) in [5.74, 6) is -0.223. The quantitative estimate of drug-likeness (QED) is 0.683. The zero-order chi connectivity index (χ0) is 10.6. The van der Waals surface area contributed by atoms with Crippen LogP contribution >= 0.6 is 0 Å². The third kappa shape index (κ3) is 2.71. The SMILES string of the molecule is CCC([O])C(=O)N(C)C1CCCCC1. The molecule has 1 atom stereocenters. The van der Waals surface area contributed by atoms with Crippen LogP contribution in [-0.4, -0.2) is 30.0 Å². The molecule has 1 amide bonds. The zero-order valence-electron chi connectivity index (χ0n) is 9.16. The Morgan fingerprint density at radius 1 is 1.36 bits per heavy atom. The van der Waals surface area contributed by atoms with Crippen molar-refractivity contribution in [2.75, 3.05) is 7.05 Å². The van der Waals surface area contributed by atoms with E-state index in [1.807, 2.05) is 0 Å². The number of hydrogen-bond donors (Lipinski definition) is 0. The van der Waals surface area contributed by atoms with Gasteiger partial charge >= 0.3 is 0 Å². The Hall–Kier alpha value is -0.570. The van der Waals surface area contributed by atoms with Crippen LogP contribution in [0.5, 0.6) is 0 Å². The molecule has 1 rings (SSSR count). The van der Waals surface area contributed by atoms with Crippen molar-refractivity contribution in [2.24, 2.45) is 0 Å². The van der Waals surface area contributed by atoms with Gasteiger partial charge in [0.05, 0.1) is 0 Å². The Morgan fingerprint density at radius 3 is 2.43 bits per heavy atom. The maximum Gasteiger partial charge on any atom is 0.255 e. The minimum absolute atomic E-state index is 0.223. The van der Waals surface area contributed by atoms with Gasteiger partial charge in [-0.2, -0.15) is 0 Å². The van der Waals surface area contributed by atoms with Crippen molar-refractivity contribution in [1.29, 1.82) is 0 Å². The van der Waals surface area contributed by atoms with Crippen molar-refractivity contribution >= 4 is 5.91 Å². The maximum atomic E-state index is 11.6. The Bertz CT molecular complexity index is 188. The summed E-state index contributed by atoms with van der Waals surface area (Å²) in [6.07, 6.45) is 5.14. The van der Waals surface area contributed by atoms with Crippen molar-refractivity contribution in [2.45, 2.75) is 57.6 Å². The summed E-state index contributed by atoms with van der Waals surface area (Å²) < 4.78 is 0. The minimum Gasteiger partial charge on any atom is -0.340 e. The van der Waals surface area contributed by atoms with Crippen LogP contribution in [0.2, 0.25) is 0 Å². The van der Waals surface area contributed by atoms with E-state index < -0.39 is 6.10 Å². The highest BCUT2D eigenvalue weighted by Crippen LogP contribution is 2.22. The van der Waals surface area contributed by atoms with E-state index in [0.29, 0.717) is 12.5 Å². The van der Waals surface area contributed by atoms with Gasteiger partial charge in [0.2, 0.25) is 0 Å². The van der Waals surface area contributed by atoms with Crippen LogP contribution in [0, 0.1) is 0 Å². The highest BCUT2D eigenvalue weighted by molar-refractivity contribution is 5.80. The van der Waals surface area contributed by atoms with E-state index in [2.05, 4.69) is 0 Å². The van der Waals surface area contributed by atoms with Gasteiger partial charge in [0, 0.05) is 13.1 Å². The maximum absolute atomic E-state index is 11.6. The fourth-order valence-corrected chi connectivity index (χ4v) is 2.05. The second kappa shape index (κ2) is 5.35. The lowest BCUT2D eigenvalue weighted by molar-refractivity contribution is -0.145. The Morgan fingerprint density at radius 2 is 1.93 bits per heavy atom. The standard InChI is InChI=1S/C11H20NO2/c1-3-10(13)11(14)12(2)9-7-5-4-6-8-9/h9-10H,3-8H2,1-2H3. The first-order valence-corrected chi connectivity index (χ1v) is 5.59. The van der Waals surface area contributed by atoms with E-state index in [9.17, 15) is 9.90 Å². The minimum atomic E-state index is -1.05. The smallest absolute Gasteiger partial charge is 0.255 e. The first-order valence-electron chi connectivity index (χ1n) is 5.59. The molecule has 1 fully saturated rings. The van der Waals surface area contributed by atoms with Crippen LogP contribution < -0.4 is 0 Å².